The molecule has 0 aliphatic carbocycles. The summed E-state index contributed by atoms with van der Waals surface area (Å²) in [7, 11) is 1.92. The molecule has 2 aromatic rings. The van der Waals surface area contributed by atoms with Gasteiger partial charge in [-0.15, -0.1) is 0 Å². The van der Waals surface area contributed by atoms with Crippen LogP contribution in [0.2, 0.25) is 0 Å². The van der Waals surface area contributed by atoms with E-state index in [1.54, 1.807) is 18.3 Å². The molecule has 1 fully saturated rings. The molecule has 0 amide bonds. The number of ether oxygens (including phenoxy) is 1. The average Bonchev–Trinajstić information content (AvgIpc) is 3.07. The molecule has 0 unspecified atom stereocenters. The predicted molar refractivity (Wildman–Crippen MR) is 77.6 cm³/mol. The van der Waals surface area contributed by atoms with E-state index in [1.807, 2.05) is 24.9 Å². The second-order valence-electron chi connectivity index (χ2n) is 5.15. The topological polar surface area (TPSA) is 75.8 Å². The van der Waals surface area contributed by atoms with Crippen molar-refractivity contribution in [1.82, 2.24) is 14.8 Å². The molecule has 6 heteroatoms. The minimum atomic E-state index is -0.0627. The number of nitriles is 1. The number of pyridine rings is 1. The molecule has 3 rings (SSSR count). The van der Waals surface area contributed by atoms with Crippen LogP contribution in [0.4, 0.5) is 5.82 Å². The van der Waals surface area contributed by atoms with Gasteiger partial charge in [0.25, 0.3) is 0 Å². The Balaban J connectivity index is 1.85. The number of nitrogens with one attached hydrogen (secondary N) is 1. The first-order chi connectivity index (χ1) is 10.2. The van der Waals surface area contributed by atoms with Gasteiger partial charge in [0.2, 0.25) is 0 Å². The third-order valence-corrected chi connectivity index (χ3v) is 3.92. The summed E-state index contributed by atoms with van der Waals surface area (Å²) in [5.41, 5.74) is 2.73. The lowest BCUT2D eigenvalue weighted by Gasteiger charge is -2.20. The minimum absolute atomic E-state index is 0.0627. The number of anilines is 1. The van der Waals surface area contributed by atoms with Gasteiger partial charge in [0, 0.05) is 31.1 Å². The molecular weight excluding hydrogens is 266 g/mol. The zero-order chi connectivity index (χ0) is 14.8. The predicted octanol–water partition coefficient (Wildman–Crippen LogP) is 1.94. The molecule has 1 aliphatic heterocycles. The van der Waals surface area contributed by atoms with Gasteiger partial charge in [0.05, 0.1) is 17.8 Å². The molecule has 1 N–H and O–H groups in total. The number of aryl methyl sites for hydroxylation is 1. The van der Waals surface area contributed by atoms with Crippen LogP contribution in [0.25, 0.3) is 0 Å². The number of hydrogen-bond donors (Lipinski definition) is 1. The summed E-state index contributed by atoms with van der Waals surface area (Å²) in [5.74, 6) is 0.613. The largest absolute Gasteiger partial charge is 0.371 e. The number of nitrogens with zero attached hydrogens (tertiary/aromatic N) is 4. The highest BCUT2D eigenvalue weighted by Crippen LogP contribution is 2.33. The first-order valence-electron chi connectivity index (χ1n) is 6.92. The van der Waals surface area contributed by atoms with Gasteiger partial charge in [-0.05, 0) is 25.5 Å². The molecule has 0 radical (unpaired) electrons. The maximum absolute atomic E-state index is 9.15. The van der Waals surface area contributed by atoms with Crippen LogP contribution in [0.5, 0.6) is 0 Å². The van der Waals surface area contributed by atoms with Crippen LogP contribution in [0.1, 0.15) is 29.3 Å². The molecule has 0 spiro atoms. The van der Waals surface area contributed by atoms with E-state index < -0.39 is 0 Å². The standard InChI is InChI=1S/C15H17N5O/c1-10-12(9-18-20(10)2)14-13(5-7-21-14)19-15-11(8-16)4-3-6-17-15/h3-4,6,9,13-14H,5,7H2,1-2H3,(H,17,19)/t13-,14+/m0/s1. The molecule has 6 nitrogen and oxygen atoms in total. The molecule has 1 aliphatic rings. The Kier molecular flexibility index (Phi) is 3.59. The summed E-state index contributed by atoms with van der Waals surface area (Å²) in [4.78, 5) is 4.26. The number of hydrogen-bond acceptors (Lipinski definition) is 5. The van der Waals surface area contributed by atoms with Gasteiger partial charge < -0.3 is 10.1 Å². The Morgan fingerprint density at radius 3 is 3.10 bits per heavy atom. The summed E-state index contributed by atoms with van der Waals surface area (Å²) >= 11 is 0. The molecule has 2 atom stereocenters. The van der Waals surface area contributed by atoms with Crippen LogP contribution in [0, 0.1) is 18.3 Å². The minimum Gasteiger partial charge on any atom is -0.371 e. The number of aromatic nitrogens is 3. The fraction of sp³-hybridized carbons (Fsp3) is 0.400. The maximum Gasteiger partial charge on any atom is 0.144 e. The normalized spacial score (nSPS) is 21.2. The Morgan fingerprint density at radius 1 is 1.52 bits per heavy atom. The third-order valence-electron chi connectivity index (χ3n) is 3.92. The molecule has 1 saturated heterocycles. The Bertz CT molecular complexity index is 688. The van der Waals surface area contributed by atoms with Gasteiger partial charge in [-0.3, -0.25) is 4.68 Å². The van der Waals surface area contributed by atoms with E-state index in [1.165, 1.54) is 0 Å². The summed E-state index contributed by atoms with van der Waals surface area (Å²) < 4.78 is 7.71. The number of rotatable bonds is 3. The monoisotopic (exact) mass is 283 g/mol. The second-order valence-corrected chi connectivity index (χ2v) is 5.15. The smallest absolute Gasteiger partial charge is 0.144 e. The van der Waals surface area contributed by atoms with Gasteiger partial charge in [-0.25, -0.2) is 4.98 Å². The lowest BCUT2D eigenvalue weighted by Crippen LogP contribution is -2.24. The van der Waals surface area contributed by atoms with Crippen LogP contribution < -0.4 is 5.32 Å². The van der Waals surface area contributed by atoms with E-state index in [0.29, 0.717) is 18.0 Å². The van der Waals surface area contributed by atoms with Crippen molar-refractivity contribution in [3.05, 3.63) is 41.3 Å². The Hall–Kier alpha value is -2.39. The van der Waals surface area contributed by atoms with Crippen molar-refractivity contribution < 1.29 is 4.74 Å². The van der Waals surface area contributed by atoms with Gasteiger partial charge in [0.1, 0.15) is 18.0 Å². The summed E-state index contributed by atoms with van der Waals surface area (Å²) in [6.07, 6.45) is 4.35. The highest BCUT2D eigenvalue weighted by molar-refractivity contribution is 5.52. The molecule has 0 bridgehead atoms. The summed E-state index contributed by atoms with van der Waals surface area (Å²) in [6, 6.07) is 5.77. The van der Waals surface area contributed by atoms with Gasteiger partial charge in [0.15, 0.2) is 0 Å². The van der Waals surface area contributed by atoms with Crippen molar-refractivity contribution >= 4 is 5.82 Å². The molecule has 2 aromatic heterocycles. The first-order valence-corrected chi connectivity index (χ1v) is 6.92. The second kappa shape index (κ2) is 5.54. The van der Waals surface area contributed by atoms with Crippen LogP contribution in [-0.2, 0) is 11.8 Å². The van der Waals surface area contributed by atoms with Crippen LogP contribution >= 0.6 is 0 Å². The van der Waals surface area contributed by atoms with E-state index >= 15 is 0 Å². The molecular formula is C15H17N5O. The van der Waals surface area contributed by atoms with Crippen molar-refractivity contribution in [1.29, 1.82) is 5.26 Å². The fourth-order valence-electron chi connectivity index (χ4n) is 2.63. The van der Waals surface area contributed by atoms with Crippen molar-refractivity contribution in [2.45, 2.75) is 25.5 Å². The first kappa shape index (κ1) is 13.6. The van der Waals surface area contributed by atoms with Crippen molar-refractivity contribution in [3.8, 4) is 6.07 Å². The molecule has 0 saturated carbocycles. The molecule has 108 valence electrons. The SMILES string of the molecule is Cc1c([C@H]2OCC[C@@H]2Nc2ncccc2C#N)cnn1C. The third kappa shape index (κ3) is 2.48. The highest BCUT2D eigenvalue weighted by Gasteiger charge is 2.32. The average molecular weight is 283 g/mol. The zero-order valence-electron chi connectivity index (χ0n) is 12.1. The van der Waals surface area contributed by atoms with E-state index in [9.17, 15) is 0 Å². The van der Waals surface area contributed by atoms with Gasteiger partial charge >= 0.3 is 0 Å². The lowest BCUT2D eigenvalue weighted by molar-refractivity contribution is 0.107. The molecule has 21 heavy (non-hydrogen) atoms. The maximum atomic E-state index is 9.15. The van der Waals surface area contributed by atoms with Gasteiger partial charge in [-0.2, -0.15) is 10.4 Å². The van der Waals surface area contributed by atoms with Gasteiger partial charge in [-0.1, -0.05) is 0 Å². The zero-order valence-corrected chi connectivity index (χ0v) is 12.1. The van der Waals surface area contributed by atoms with Crippen molar-refractivity contribution in [2.75, 3.05) is 11.9 Å². The van der Waals surface area contributed by atoms with Crippen molar-refractivity contribution in [2.24, 2.45) is 7.05 Å². The summed E-state index contributed by atoms with van der Waals surface area (Å²) in [5, 5.41) is 16.8. The van der Waals surface area contributed by atoms with Crippen LogP contribution in [-0.4, -0.2) is 27.4 Å². The van der Waals surface area contributed by atoms with E-state index in [4.69, 9.17) is 10.00 Å². The fourth-order valence-corrected chi connectivity index (χ4v) is 2.63. The Labute approximate surface area is 123 Å². The highest BCUT2D eigenvalue weighted by atomic mass is 16.5. The van der Waals surface area contributed by atoms with E-state index in [0.717, 1.165) is 17.7 Å². The molecule has 0 aromatic carbocycles. The quantitative estimate of drug-likeness (QED) is 0.931. The Morgan fingerprint density at radius 2 is 2.38 bits per heavy atom. The molecule has 3 heterocycles. The van der Waals surface area contributed by atoms with Crippen molar-refractivity contribution in [3.63, 3.8) is 0 Å². The lowest BCUT2D eigenvalue weighted by atomic mass is 10.0. The summed E-state index contributed by atoms with van der Waals surface area (Å²) in [6.45, 7) is 2.72. The van der Waals surface area contributed by atoms with E-state index in [2.05, 4.69) is 21.5 Å². The van der Waals surface area contributed by atoms with Crippen LogP contribution in [0.3, 0.4) is 0 Å². The van der Waals surface area contributed by atoms with E-state index in [-0.39, 0.29) is 12.1 Å². The van der Waals surface area contributed by atoms with Crippen LogP contribution in [0.15, 0.2) is 24.5 Å².